The average Bonchev–Trinajstić information content (AvgIpc) is 3.04. The number of benzene rings is 1. The fraction of sp³-hybridized carbons (Fsp3) is 0.0714. The monoisotopic (exact) mass is 320 g/mol. The molecule has 21 heavy (non-hydrogen) atoms. The van der Waals surface area contributed by atoms with E-state index in [-0.39, 0.29) is 11.5 Å². The zero-order valence-corrected chi connectivity index (χ0v) is 12.4. The van der Waals surface area contributed by atoms with Gasteiger partial charge in [0.25, 0.3) is 5.91 Å². The molecular formula is C14H9ClN2O3S. The third-order valence-corrected chi connectivity index (χ3v) is 3.78. The summed E-state index contributed by atoms with van der Waals surface area (Å²) in [4.78, 5) is 27.3. The molecule has 0 saturated carbocycles. The van der Waals surface area contributed by atoms with Crippen molar-refractivity contribution in [2.45, 2.75) is 6.92 Å². The van der Waals surface area contributed by atoms with Crippen LogP contribution in [-0.2, 0) is 0 Å². The van der Waals surface area contributed by atoms with Crippen LogP contribution >= 0.6 is 22.9 Å². The number of halogens is 1. The second kappa shape index (κ2) is 5.31. The Morgan fingerprint density at radius 3 is 2.86 bits per heavy atom. The van der Waals surface area contributed by atoms with E-state index in [0.29, 0.717) is 21.4 Å². The molecule has 1 N–H and O–H groups in total. The summed E-state index contributed by atoms with van der Waals surface area (Å²) in [7, 11) is 0. The Hall–Kier alpha value is -2.18. The Balaban J connectivity index is 1.84. The average molecular weight is 321 g/mol. The second-order valence-electron chi connectivity index (χ2n) is 4.34. The summed E-state index contributed by atoms with van der Waals surface area (Å²) in [5.41, 5.74) is 0.903. The number of furan rings is 1. The SMILES string of the molecule is CC(=O)c1csc(NC(=O)c2cc3cc(Cl)ccc3o2)n1. The lowest BCUT2D eigenvalue weighted by Crippen LogP contribution is -2.10. The first-order valence-corrected chi connectivity index (χ1v) is 7.25. The number of carbonyl (C=O) groups is 2. The molecule has 0 saturated heterocycles. The minimum atomic E-state index is -0.424. The van der Waals surface area contributed by atoms with Crippen molar-refractivity contribution < 1.29 is 14.0 Å². The number of rotatable bonds is 3. The number of Topliss-reactive ketones (excluding diaryl/α,β-unsaturated/α-hetero) is 1. The van der Waals surface area contributed by atoms with Crippen LogP contribution in [-0.4, -0.2) is 16.7 Å². The van der Waals surface area contributed by atoms with Crippen LogP contribution in [0.1, 0.15) is 28.0 Å². The Kier molecular flexibility index (Phi) is 3.48. The van der Waals surface area contributed by atoms with E-state index in [1.54, 1.807) is 29.6 Å². The number of thiazole rings is 1. The Morgan fingerprint density at radius 1 is 1.33 bits per heavy atom. The van der Waals surface area contributed by atoms with Gasteiger partial charge in [-0.2, -0.15) is 0 Å². The molecule has 3 aromatic rings. The van der Waals surface area contributed by atoms with Crippen LogP contribution in [0.4, 0.5) is 5.13 Å². The highest BCUT2D eigenvalue weighted by atomic mass is 35.5. The smallest absolute Gasteiger partial charge is 0.293 e. The van der Waals surface area contributed by atoms with Crippen LogP contribution in [0.2, 0.25) is 5.02 Å². The van der Waals surface area contributed by atoms with Gasteiger partial charge in [0.05, 0.1) is 0 Å². The van der Waals surface area contributed by atoms with Crippen molar-refractivity contribution in [3.63, 3.8) is 0 Å². The molecule has 2 heterocycles. The number of hydrogen-bond acceptors (Lipinski definition) is 5. The molecule has 1 amide bonds. The van der Waals surface area contributed by atoms with E-state index in [4.69, 9.17) is 16.0 Å². The summed E-state index contributed by atoms with van der Waals surface area (Å²) < 4.78 is 5.45. The van der Waals surface area contributed by atoms with Crippen molar-refractivity contribution >= 4 is 50.7 Å². The number of nitrogens with zero attached hydrogens (tertiary/aromatic N) is 1. The molecule has 0 spiro atoms. The predicted octanol–water partition coefficient (Wildman–Crippen LogP) is 4.00. The standard InChI is InChI=1S/C14H9ClN2O3S/c1-7(18)10-6-21-14(16-10)17-13(19)12-5-8-4-9(15)2-3-11(8)20-12/h2-6H,1H3,(H,16,17,19). The minimum absolute atomic E-state index is 0.148. The number of ketones is 1. The summed E-state index contributed by atoms with van der Waals surface area (Å²) in [5, 5.41) is 5.86. The van der Waals surface area contributed by atoms with Crippen LogP contribution in [0.3, 0.4) is 0 Å². The third-order valence-electron chi connectivity index (χ3n) is 2.79. The van der Waals surface area contributed by atoms with Crippen LogP contribution in [0.15, 0.2) is 34.1 Å². The van der Waals surface area contributed by atoms with Crippen LogP contribution in [0.25, 0.3) is 11.0 Å². The number of aromatic nitrogens is 1. The normalized spacial score (nSPS) is 10.8. The topological polar surface area (TPSA) is 72.2 Å². The molecule has 0 aliphatic rings. The number of nitrogens with one attached hydrogen (secondary N) is 1. The lowest BCUT2D eigenvalue weighted by Gasteiger charge is -1.96. The Morgan fingerprint density at radius 2 is 2.14 bits per heavy atom. The largest absolute Gasteiger partial charge is 0.451 e. The summed E-state index contributed by atoms with van der Waals surface area (Å²) >= 11 is 7.07. The predicted molar refractivity (Wildman–Crippen MR) is 81.3 cm³/mol. The van der Waals surface area contributed by atoms with Crippen molar-refractivity contribution in [1.29, 1.82) is 0 Å². The molecule has 2 aromatic heterocycles. The first-order valence-electron chi connectivity index (χ1n) is 6.00. The van der Waals surface area contributed by atoms with Gasteiger partial charge in [0, 0.05) is 22.7 Å². The first kappa shape index (κ1) is 13.8. The summed E-state index contributed by atoms with van der Waals surface area (Å²) in [6.45, 7) is 1.42. The maximum Gasteiger partial charge on any atom is 0.293 e. The fourth-order valence-electron chi connectivity index (χ4n) is 1.78. The van der Waals surface area contributed by atoms with Gasteiger partial charge in [0.1, 0.15) is 11.3 Å². The van der Waals surface area contributed by atoms with Crippen LogP contribution in [0.5, 0.6) is 0 Å². The van der Waals surface area contributed by atoms with E-state index in [2.05, 4.69) is 10.3 Å². The highest BCUT2D eigenvalue weighted by Gasteiger charge is 2.15. The molecule has 1 aromatic carbocycles. The maximum atomic E-state index is 12.1. The van der Waals surface area contributed by atoms with Gasteiger partial charge in [0.2, 0.25) is 0 Å². The maximum absolute atomic E-state index is 12.1. The number of anilines is 1. The van der Waals surface area contributed by atoms with E-state index < -0.39 is 5.91 Å². The van der Waals surface area contributed by atoms with Crippen molar-refractivity contribution in [3.8, 4) is 0 Å². The molecule has 5 nitrogen and oxygen atoms in total. The van der Waals surface area contributed by atoms with Crippen LogP contribution in [0, 0.1) is 0 Å². The Bertz CT molecular complexity index is 853. The van der Waals surface area contributed by atoms with Crippen LogP contribution < -0.4 is 5.32 Å². The molecule has 3 rings (SSSR count). The molecule has 0 aliphatic heterocycles. The van der Waals surface area contributed by atoms with Gasteiger partial charge in [-0.05, 0) is 24.3 Å². The minimum Gasteiger partial charge on any atom is -0.451 e. The van der Waals surface area contributed by atoms with Crippen molar-refractivity contribution in [3.05, 3.63) is 46.1 Å². The molecule has 106 valence electrons. The summed E-state index contributed by atoms with van der Waals surface area (Å²) in [6, 6.07) is 6.71. The third kappa shape index (κ3) is 2.81. The highest BCUT2D eigenvalue weighted by molar-refractivity contribution is 7.14. The van der Waals surface area contributed by atoms with Crippen molar-refractivity contribution in [2.24, 2.45) is 0 Å². The van der Waals surface area contributed by atoms with Crippen molar-refractivity contribution in [1.82, 2.24) is 4.98 Å². The van der Waals surface area contributed by atoms with E-state index >= 15 is 0 Å². The van der Waals surface area contributed by atoms with E-state index in [1.165, 1.54) is 18.3 Å². The van der Waals surface area contributed by atoms with Gasteiger partial charge in [-0.3, -0.25) is 14.9 Å². The zero-order valence-electron chi connectivity index (χ0n) is 10.8. The van der Waals surface area contributed by atoms with E-state index in [1.807, 2.05) is 0 Å². The molecule has 0 bridgehead atoms. The zero-order chi connectivity index (χ0) is 15.0. The quantitative estimate of drug-likeness (QED) is 0.740. The lowest BCUT2D eigenvalue weighted by molar-refractivity contribution is 0.0992. The highest BCUT2D eigenvalue weighted by Crippen LogP contribution is 2.24. The molecule has 0 fully saturated rings. The van der Waals surface area contributed by atoms with Crippen molar-refractivity contribution in [2.75, 3.05) is 5.32 Å². The Labute approximate surface area is 128 Å². The number of amides is 1. The molecule has 0 unspecified atom stereocenters. The summed E-state index contributed by atoms with van der Waals surface area (Å²) in [5.74, 6) is -0.413. The van der Waals surface area contributed by atoms with Gasteiger partial charge < -0.3 is 4.42 Å². The van der Waals surface area contributed by atoms with E-state index in [9.17, 15) is 9.59 Å². The molecule has 0 radical (unpaired) electrons. The molecule has 7 heteroatoms. The van der Waals surface area contributed by atoms with Gasteiger partial charge in [-0.25, -0.2) is 4.98 Å². The molecular weight excluding hydrogens is 312 g/mol. The fourth-order valence-corrected chi connectivity index (χ4v) is 2.70. The van der Waals surface area contributed by atoms with Gasteiger partial charge >= 0.3 is 0 Å². The second-order valence-corrected chi connectivity index (χ2v) is 5.64. The number of hydrogen-bond donors (Lipinski definition) is 1. The molecule has 0 atom stereocenters. The van der Waals surface area contributed by atoms with E-state index in [0.717, 1.165) is 5.39 Å². The number of fused-ring (bicyclic) bond motifs is 1. The van der Waals surface area contributed by atoms with Gasteiger partial charge in [0.15, 0.2) is 16.7 Å². The first-order chi connectivity index (χ1) is 10.0. The lowest BCUT2D eigenvalue weighted by atomic mass is 10.2. The summed E-state index contributed by atoms with van der Waals surface area (Å²) in [6.07, 6.45) is 0. The molecule has 0 aliphatic carbocycles. The van der Waals surface area contributed by atoms with Gasteiger partial charge in [-0.15, -0.1) is 11.3 Å². The van der Waals surface area contributed by atoms with Gasteiger partial charge in [-0.1, -0.05) is 11.6 Å². The number of carbonyl (C=O) groups excluding carboxylic acids is 2.